The molecule has 0 aromatic heterocycles. The van der Waals surface area contributed by atoms with Crippen LogP contribution in [0.4, 0.5) is 16.2 Å². The third kappa shape index (κ3) is 17.2. The minimum Gasteiger partial charge on any atom is -0.478 e. The van der Waals surface area contributed by atoms with E-state index in [1.807, 2.05) is 148 Å². The van der Waals surface area contributed by atoms with Crippen LogP contribution in [0.1, 0.15) is 119 Å². The standard InChI is InChI=1S/C37H32N4O8.C33H29N3O6.C9H8N2O7.CH4/c1-39(2)24-10-13-27-30(18-24)48-31-19-25(40(3)4)11-14-28(31)34(27)26-12-9-23(17-29(26)36(45)46)35(44)38-20-21-5-7-22(8-6-21)37(47)49-41-32(42)15-16-33(41)43;1-35(2)22-10-13-25-28(16-22)42-29-17-23(36(3)4)11-14-26(29)30(25)24-12-9-21(15-27(24)33(40)41)31(37)34-18-19-5-7-20(8-6-19)32(38)39;12-5-1-2-6(13)10(5)17-9(16)18-11-7(14)3-4-8(11)15;/h5-14,17-19H,15-16,20H2,1-4H3,(H-,38,44,45,46);5-17H,18H2,1-4H3,(H2-,34,37,38,39,40,41);1-4H2;1H4/p+2. The number of fused-ring (bicyclic) bond motifs is 4. The van der Waals surface area contributed by atoms with Crippen molar-refractivity contribution in [2.24, 2.45) is 0 Å². The van der Waals surface area contributed by atoms with Crippen LogP contribution in [0.2, 0.25) is 0 Å². The van der Waals surface area contributed by atoms with E-state index in [0.29, 0.717) is 61.1 Å². The number of aromatic carboxylic acids is 3. The molecule has 110 heavy (non-hydrogen) atoms. The number of anilines is 2. The fourth-order valence-electron chi connectivity index (χ4n) is 12.0. The molecule has 7 aliphatic rings. The number of benzene rings is 8. The van der Waals surface area contributed by atoms with Gasteiger partial charge in [-0.05, 0) is 107 Å². The van der Waals surface area contributed by atoms with Crippen LogP contribution in [0.3, 0.4) is 0 Å². The number of hydroxylamine groups is 6. The Morgan fingerprint density at radius 3 is 1.08 bits per heavy atom. The molecule has 3 fully saturated rings. The molecule has 5 N–H and O–H groups in total. The SMILES string of the molecule is C.CN(C)c1ccc2c(-c3ccc(C(=O)NCc4ccc(C(=O)O)cc4)cc3C(=O)O)c3ccc(=[N+](C)C)cc-3oc2c1.CN(C)c1ccc2c(-c3ccc(C(=O)NCc4ccc(C(=O)ON5C(=O)CCC5=O)cc4)cc3C(=O)O)c3ccc(=[N+](C)C)cc-3oc2c1.O=C(ON1C(=O)CCC1=O)ON1C(=O)CCC1=O. The van der Waals surface area contributed by atoms with Gasteiger partial charge in [-0.15, -0.1) is 5.06 Å². The fraction of sp³-hybridized carbons (Fsp3) is 0.212. The number of hydrogen-bond acceptors (Lipinski definition) is 20. The van der Waals surface area contributed by atoms with Crippen molar-refractivity contribution in [3.8, 4) is 44.9 Å². The zero-order chi connectivity index (χ0) is 78.4. The predicted octanol–water partition coefficient (Wildman–Crippen LogP) is 8.68. The molecule has 30 heteroatoms. The van der Waals surface area contributed by atoms with Crippen molar-refractivity contribution in [1.82, 2.24) is 35.0 Å². The van der Waals surface area contributed by atoms with Crippen molar-refractivity contribution in [2.75, 3.05) is 66.2 Å². The second-order valence-electron chi connectivity index (χ2n) is 26.0. The number of amides is 8. The predicted molar refractivity (Wildman–Crippen MR) is 399 cm³/mol. The summed E-state index contributed by atoms with van der Waals surface area (Å²) < 4.78 is 16.6. The summed E-state index contributed by atoms with van der Waals surface area (Å²) in [6, 6.07) is 44.6. The molecule has 6 aromatic carbocycles. The lowest BCUT2D eigenvalue weighted by Gasteiger charge is -2.19. The number of imide groups is 3. The van der Waals surface area contributed by atoms with Crippen molar-refractivity contribution >= 4 is 111 Å². The maximum atomic E-state index is 13.2. The molecule has 6 aromatic rings. The highest BCUT2D eigenvalue weighted by atomic mass is 16.9. The quantitative estimate of drug-likeness (QED) is 0.0323. The van der Waals surface area contributed by atoms with E-state index >= 15 is 0 Å². The fourth-order valence-corrected chi connectivity index (χ4v) is 12.0. The second-order valence-corrected chi connectivity index (χ2v) is 26.0. The van der Waals surface area contributed by atoms with Gasteiger partial charge in [-0.25, -0.2) is 28.3 Å². The van der Waals surface area contributed by atoms with Crippen LogP contribution >= 0.6 is 0 Å². The van der Waals surface area contributed by atoms with Gasteiger partial charge in [0, 0.05) is 160 Å². The molecule has 0 unspecified atom stereocenters. The summed E-state index contributed by atoms with van der Waals surface area (Å²) in [7, 11) is 15.4. The lowest BCUT2D eigenvalue weighted by atomic mass is 9.89. The topological polar surface area (TPSA) is 383 Å². The molecule has 5 aliphatic heterocycles. The Morgan fingerprint density at radius 2 is 0.745 bits per heavy atom. The van der Waals surface area contributed by atoms with E-state index in [0.717, 1.165) is 44.0 Å². The Kier molecular flexibility index (Phi) is 23.6. The molecule has 13 rings (SSSR count). The average molecular weight is 1500 g/mol. The Balaban J connectivity index is 0.000000191. The number of carboxylic acids is 3. The van der Waals surface area contributed by atoms with Crippen LogP contribution in [0.5, 0.6) is 0 Å². The van der Waals surface area contributed by atoms with Crippen LogP contribution in [-0.2, 0) is 56.4 Å². The molecular formula is C80H75N9O21+2. The summed E-state index contributed by atoms with van der Waals surface area (Å²) in [5, 5.41) is 39.6. The van der Waals surface area contributed by atoms with Gasteiger partial charge in [0.05, 0.1) is 34.4 Å². The minimum atomic E-state index is -1.48. The zero-order valence-corrected chi connectivity index (χ0v) is 60.0. The summed E-state index contributed by atoms with van der Waals surface area (Å²) in [5.74, 6) is -7.89. The Hall–Kier alpha value is -14.2. The second kappa shape index (κ2) is 33.1. The summed E-state index contributed by atoms with van der Waals surface area (Å²) in [6.07, 6.45) is -1.74. The Morgan fingerprint density at radius 1 is 0.409 bits per heavy atom. The number of nitrogens with one attached hydrogen (secondary N) is 2. The number of hydrogen-bond donors (Lipinski definition) is 5. The maximum Gasteiger partial charge on any atom is 0.560 e. The molecule has 0 bridgehead atoms. The van der Waals surface area contributed by atoms with Crippen LogP contribution in [0.15, 0.2) is 167 Å². The van der Waals surface area contributed by atoms with Crippen molar-refractivity contribution < 1.29 is 101 Å². The molecule has 8 amide bonds. The first kappa shape index (κ1) is 78.4. The summed E-state index contributed by atoms with van der Waals surface area (Å²) in [6.45, 7) is 0.236. The molecule has 0 spiro atoms. The summed E-state index contributed by atoms with van der Waals surface area (Å²) >= 11 is 0. The van der Waals surface area contributed by atoms with E-state index in [9.17, 15) is 72.5 Å². The first-order chi connectivity index (χ1) is 51.9. The van der Waals surface area contributed by atoms with Gasteiger partial charge >= 0.3 is 30.0 Å². The first-order valence-electron chi connectivity index (χ1n) is 33.7. The molecule has 30 nitrogen and oxygen atoms in total. The van der Waals surface area contributed by atoms with Gasteiger partial charge in [0.15, 0.2) is 0 Å². The van der Waals surface area contributed by atoms with Crippen molar-refractivity contribution in [2.45, 2.75) is 59.0 Å². The largest absolute Gasteiger partial charge is 0.560 e. The van der Waals surface area contributed by atoms with Crippen LogP contribution in [-0.4, -0.2) is 164 Å². The lowest BCUT2D eigenvalue weighted by Crippen LogP contribution is -2.37. The molecular weight excluding hydrogens is 1420 g/mol. The third-order valence-corrected chi connectivity index (χ3v) is 17.8. The van der Waals surface area contributed by atoms with E-state index in [2.05, 4.69) is 20.3 Å². The summed E-state index contributed by atoms with van der Waals surface area (Å²) in [5.41, 5.74) is 8.68. The lowest BCUT2D eigenvalue weighted by molar-refractivity contribution is -0.198. The molecule has 0 atom stereocenters. The average Bonchev–Trinajstić information content (AvgIpc) is 0.929. The number of rotatable bonds is 17. The smallest absolute Gasteiger partial charge is 0.478 e. The van der Waals surface area contributed by atoms with Gasteiger partial charge in [-0.2, -0.15) is 4.79 Å². The monoisotopic (exact) mass is 1500 g/mol. The van der Waals surface area contributed by atoms with Crippen LogP contribution < -0.4 is 40.3 Å². The van der Waals surface area contributed by atoms with Crippen molar-refractivity contribution in [1.29, 1.82) is 0 Å². The normalized spacial score (nSPS) is 13.1. The van der Waals surface area contributed by atoms with Gasteiger partial charge < -0.3 is 49.4 Å². The molecule has 5 heterocycles. The van der Waals surface area contributed by atoms with Gasteiger partial charge in [0.1, 0.15) is 50.9 Å². The number of nitrogens with zero attached hydrogens (tertiary/aromatic N) is 7. The minimum absolute atomic E-state index is 0. The molecule has 2 aliphatic carbocycles. The van der Waals surface area contributed by atoms with Gasteiger partial charge in [0.2, 0.25) is 10.7 Å². The zero-order valence-electron chi connectivity index (χ0n) is 60.0. The first-order valence-corrected chi connectivity index (χ1v) is 33.7. The third-order valence-electron chi connectivity index (χ3n) is 17.8. The van der Waals surface area contributed by atoms with E-state index < -0.39 is 77.3 Å². The number of carbonyl (C=O) groups is 13. The van der Waals surface area contributed by atoms with Crippen LogP contribution in [0.25, 0.3) is 66.8 Å². The maximum absolute atomic E-state index is 13.2. The van der Waals surface area contributed by atoms with E-state index in [-0.39, 0.29) is 103 Å². The highest BCUT2D eigenvalue weighted by Crippen LogP contribution is 2.44. The van der Waals surface area contributed by atoms with E-state index in [1.54, 1.807) is 48.5 Å². The van der Waals surface area contributed by atoms with Crippen molar-refractivity contribution in [3.05, 3.63) is 213 Å². The summed E-state index contributed by atoms with van der Waals surface area (Å²) in [4.78, 5) is 172. The Bertz CT molecular complexity index is 5450. The van der Waals surface area contributed by atoms with Crippen molar-refractivity contribution in [3.63, 3.8) is 0 Å². The van der Waals surface area contributed by atoms with Gasteiger partial charge in [0.25, 0.3) is 47.3 Å². The highest BCUT2D eigenvalue weighted by molar-refractivity contribution is 6.12. The number of carbonyl (C=O) groups excluding carboxylic acids is 10. The molecule has 3 saturated heterocycles. The number of carboxylic acid groups (broad SMARTS) is 3. The van der Waals surface area contributed by atoms with E-state index in [1.165, 1.54) is 36.4 Å². The molecule has 0 saturated carbocycles. The van der Waals surface area contributed by atoms with Gasteiger partial charge in [-0.3, -0.25) is 48.0 Å². The molecule has 564 valence electrons. The molecule has 0 radical (unpaired) electrons. The van der Waals surface area contributed by atoms with Gasteiger partial charge in [-0.1, -0.05) is 54.0 Å². The highest BCUT2D eigenvalue weighted by Gasteiger charge is 2.38. The Labute approximate surface area is 627 Å². The van der Waals surface area contributed by atoms with Crippen LogP contribution in [0, 0.1) is 0 Å². The van der Waals surface area contributed by atoms with E-state index in [4.69, 9.17) is 18.8 Å².